The van der Waals surface area contributed by atoms with Crippen molar-refractivity contribution in [1.29, 1.82) is 0 Å². The molecule has 1 fully saturated rings. The molecule has 1 aliphatic rings. The molecule has 0 atom stereocenters. The van der Waals surface area contributed by atoms with Crippen molar-refractivity contribution in [3.05, 3.63) is 28.2 Å². The predicted octanol–water partition coefficient (Wildman–Crippen LogP) is 4.99. The predicted molar refractivity (Wildman–Crippen MR) is 98.9 cm³/mol. The zero-order chi connectivity index (χ0) is 17.4. The summed E-state index contributed by atoms with van der Waals surface area (Å²) in [6, 6.07) is 5.61. The van der Waals surface area contributed by atoms with Crippen LogP contribution in [0.4, 0.5) is 5.69 Å². The maximum atomic E-state index is 11.9. The van der Waals surface area contributed by atoms with Crippen LogP contribution < -0.4 is 5.32 Å². The minimum Gasteiger partial charge on any atom is -0.456 e. The topological polar surface area (TPSA) is 55.4 Å². The summed E-state index contributed by atoms with van der Waals surface area (Å²) in [5.74, 6) is 0.185. The molecule has 0 aliphatic heterocycles. The van der Waals surface area contributed by atoms with Crippen LogP contribution in [0.15, 0.2) is 22.7 Å². The summed E-state index contributed by atoms with van der Waals surface area (Å²) in [5, 5.41) is 2.76. The lowest BCUT2D eigenvalue weighted by atomic mass is 9.86. The van der Waals surface area contributed by atoms with Crippen LogP contribution in [0.3, 0.4) is 0 Å². The Morgan fingerprint density at radius 3 is 2.71 bits per heavy atom. The standard InChI is InChI=1S/C19H26BrNO3/c1-14-12-16(20)10-11-17(14)21-18(22)13-24-19(23)9-5-8-15-6-3-2-4-7-15/h10-12,15H,2-9,13H2,1H3,(H,21,22). The molecule has 24 heavy (non-hydrogen) atoms. The Kier molecular flexibility index (Phi) is 7.76. The lowest BCUT2D eigenvalue weighted by Crippen LogP contribution is -2.21. The first-order valence-corrected chi connectivity index (χ1v) is 9.55. The van der Waals surface area contributed by atoms with Gasteiger partial charge in [-0.2, -0.15) is 0 Å². The first kappa shape index (κ1) is 19.0. The maximum Gasteiger partial charge on any atom is 0.306 e. The number of hydrogen-bond donors (Lipinski definition) is 1. The first-order valence-electron chi connectivity index (χ1n) is 8.76. The molecule has 0 unspecified atom stereocenters. The molecule has 4 nitrogen and oxygen atoms in total. The van der Waals surface area contributed by atoms with E-state index in [4.69, 9.17) is 4.74 Å². The van der Waals surface area contributed by atoms with Gasteiger partial charge in [-0.1, -0.05) is 48.0 Å². The van der Waals surface area contributed by atoms with E-state index in [9.17, 15) is 9.59 Å². The van der Waals surface area contributed by atoms with Crippen molar-refractivity contribution in [1.82, 2.24) is 0 Å². The highest BCUT2D eigenvalue weighted by molar-refractivity contribution is 9.10. The Balaban J connectivity index is 1.62. The number of rotatable bonds is 7. The number of nitrogens with one attached hydrogen (secondary N) is 1. The fourth-order valence-corrected chi connectivity index (χ4v) is 3.66. The molecule has 1 N–H and O–H groups in total. The van der Waals surface area contributed by atoms with Gasteiger partial charge in [0.1, 0.15) is 0 Å². The molecular weight excluding hydrogens is 370 g/mol. The zero-order valence-corrected chi connectivity index (χ0v) is 15.9. The highest BCUT2D eigenvalue weighted by atomic mass is 79.9. The van der Waals surface area contributed by atoms with Crippen LogP contribution in [0.25, 0.3) is 0 Å². The van der Waals surface area contributed by atoms with Gasteiger partial charge < -0.3 is 10.1 Å². The zero-order valence-electron chi connectivity index (χ0n) is 14.3. The van der Waals surface area contributed by atoms with Crippen molar-refractivity contribution in [3.8, 4) is 0 Å². The van der Waals surface area contributed by atoms with Gasteiger partial charge in [0, 0.05) is 16.6 Å². The van der Waals surface area contributed by atoms with Gasteiger partial charge in [0.15, 0.2) is 6.61 Å². The summed E-state index contributed by atoms with van der Waals surface area (Å²) in [6.45, 7) is 1.69. The van der Waals surface area contributed by atoms with Crippen LogP contribution in [-0.4, -0.2) is 18.5 Å². The third-order valence-corrected chi connectivity index (χ3v) is 5.04. The summed E-state index contributed by atoms with van der Waals surface area (Å²) in [6.07, 6.45) is 8.95. The summed E-state index contributed by atoms with van der Waals surface area (Å²) < 4.78 is 6.03. The van der Waals surface area contributed by atoms with Gasteiger partial charge in [-0.05, 0) is 49.4 Å². The van der Waals surface area contributed by atoms with Gasteiger partial charge >= 0.3 is 5.97 Å². The number of amides is 1. The number of carbonyl (C=O) groups excluding carboxylic acids is 2. The van der Waals surface area contributed by atoms with Gasteiger partial charge in [-0.15, -0.1) is 0 Å². The number of ether oxygens (including phenoxy) is 1. The fourth-order valence-electron chi connectivity index (χ4n) is 3.18. The molecule has 1 saturated carbocycles. The van der Waals surface area contributed by atoms with Gasteiger partial charge in [-0.25, -0.2) is 0 Å². The Morgan fingerprint density at radius 1 is 1.25 bits per heavy atom. The molecule has 0 spiro atoms. The number of aryl methyl sites for hydroxylation is 1. The van der Waals surface area contributed by atoms with Crippen molar-refractivity contribution in [2.45, 2.75) is 58.3 Å². The second-order valence-electron chi connectivity index (χ2n) is 6.56. The van der Waals surface area contributed by atoms with Gasteiger partial charge in [0.25, 0.3) is 5.91 Å². The van der Waals surface area contributed by atoms with E-state index in [1.165, 1.54) is 32.1 Å². The number of halogens is 1. The normalized spacial score (nSPS) is 15.1. The van der Waals surface area contributed by atoms with Crippen LogP contribution in [0.1, 0.15) is 56.9 Å². The largest absolute Gasteiger partial charge is 0.456 e. The molecule has 1 aliphatic carbocycles. The van der Waals surface area contributed by atoms with Crippen molar-refractivity contribution >= 4 is 33.5 Å². The Bertz CT molecular complexity index is 568. The molecule has 2 rings (SSSR count). The van der Waals surface area contributed by atoms with Crippen molar-refractivity contribution in [2.24, 2.45) is 5.92 Å². The summed E-state index contributed by atoms with van der Waals surface area (Å²) in [7, 11) is 0. The number of hydrogen-bond acceptors (Lipinski definition) is 3. The van der Waals surface area contributed by atoms with Crippen LogP contribution >= 0.6 is 15.9 Å². The average Bonchev–Trinajstić information content (AvgIpc) is 2.56. The highest BCUT2D eigenvalue weighted by Gasteiger charge is 2.14. The SMILES string of the molecule is Cc1cc(Br)ccc1NC(=O)COC(=O)CCCC1CCCCC1. The molecule has 1 aromatic rings. The highest BCUT2D eigenvalue weighted by Crippen LogP contribution is 2.27. The van der Waals surface area contributed by atoms with E-state index < -0.39 is 0 Å². The lowest BCUT2D eigenvalue weighted by molar-refractivity contribution is -0.147. The molecular formula is C19H26BrNO3. The number of esters is 1. The minimum atomic E-state index is -0.305. The van der Waals surface area contributed by atoms with E-state index in [1.807, 2.05) is 25.1 Å². The van der Waals surface area contributed by atoms with Crippen molar-refractivity contribution in [2.75, 3.05) is 11.9 Å². The molecule has 0 heterocycles. The van der Waals surface area contributed by atoms with E-state index in [0.717, 1.165) is 34.5 Å². The fraction of sp³-hybridized carbons (Fsp3) is 0.579. The van der Waals surface area contributed by atoms with E-state index >= 15 is 0 Å². The third-order valence-electron chi connectivity index (χ3n) is 4.54. The maximum absolute atomic E-state index is 11.9. The molecule has 5 heteroatoms. The molecule has 0 saturated heterocycles. The summed E-state index contributed by atoms with van der Waals surface area (Å²) >= 11 is 3.38. The van der Waals surface area contributed by atoms with E-state index in [-0.39, 0.29) is 18.5 Å². The number of benzene rings is 1. The molecule has 1 aromatic carbocycles. The molecule has 0 radical (unpaired) electrons. The molecule has 1 amide bonds. The van der Waals surface area contributed by atoms with Crippen LogP contribution in [0, 0.1) is 12.8 Å². The quantitative estimate of drug-likeness (QED) is 0.661. The van der Waals surface area contributed by atoms with E-state index in [2.05, 4.69) is 21.2 Å². The Morgan fingerprint density at radius 2 is 2.00 bits per heavy atom. The van der Waals surface area contributed by atoms with Crippen molar-refractivity contribution in [3.63, 3.8) is 0 Å². The van der Waals surface area contributed by atoms with Crippen LogP contribution in [0.5, 0.6) is 0 Å². The molecule has 132 valence electrons. The Hall–Kier alpha value is -1.36. The monoisotopic (exact) mass is 395 g/mol. The second-order valence-corrected chi connectivity index (χ2v) is 7.48. The lowest BCUT2D eigenvalue weighted by Gasteiger charge is -2.20. The van der Waals surface area contributed by atoms with Gasteiger partial charge in [-0.3, -0.25) is 9.59 Å². The number of carbonyl (C=O) groups is 2. The van der Waals surface area contributed by atoms with Crippen LogP contribution in [0.2, 0.25) is 0 Å². The van der Waals surface area contributed by atoms with Gasteiger partial charge in [0.05, 0.1) is 0 Å². The summed E-state index contributed by atoms with van der Waals surface area (Å²) in [5.41, 5.74) is 1.69. The smallest absolute Gasteiger partial charge is 0.306 e. The van der Waals surface area contributed by atoms with Crippen molar-refractivity contribution < 1.29 is 14.3 Å². The van der Waals surface area contributed by atoms with Crippen LogP contribution in [-0.2, 0) is 14.3 Å². The van der Waals surface area contributed by atoms with Gasteiger partial charge in [0.2, 0.25) is 0 Å². The second kappa shape index (κ2) is 9.82. The average molecular weight is 396 g/mol. The van der Waals surface area contributed by atoms with E-state index in [0.29, 0.717) is 6.42 Å². The summed E-state index contributed by atoms with van der Waals surface area (Å²) in [4.78, 5) is 23.6. The first-order chi connectivity index (χ1) is 11.5. The minimum absolute atomic E-state index is 0.224. The molecule has 0 aromatic heterocycles. The van der Waals surface area contributed by atoms with E-state index in [1.54, 1.807) is 0 Å². The number of anilines is 1. The Labute approximate surface area is 152 Å². The third kappa shape index (κ3) is 6.63. The molecule has 0 bridgehead atoms.